The van der Waals surface area contributed by atoms with Crippen LogP contribution in [0.15, 0.2) is 18.3 Å². The Balaban J connectivity index is 2.16. The standard InChI is InChI=1S/C10H8ClN3O3S/c1-6-2-3-8(9(13-6)14(15)16)17-5-7-4-12-10(11)18-7/h2-4H,5H2,1H3. The molecule has 8 heteroatoms. The van der Waals surface area contributed by atoms with Gasteiger partial charge >= 0.3 is 5.82 Å². The molecule has 0 aliphatic carbocycles. The van der Waals surface area contributed by atoms with Crippen LogP contribution in [0, 0.1) is 17.0 Å². The Morgan fingerprint density at radius 3 is 2.94 bits per heavy atom. The molecule has 2 heterocycles. The van der Waals surface area contributed by atoms with Crippen molar-refractivity contribution in [2.45, 2.75) is 13.5 Å². The van der Waals surface area contributed by atoms with Crippen LogP contribution < -0.4 is 4.74 Å². The molecule has 2 rings (SSSR count). The Bertz CT molecular complexity index is 587. The summed E-state index contributed by atoms with van der Waals surface area (Å²) >= 11 is 6.94. The normalized spacial score (nSPS) is 10.3. The van der Waals surface area contributed by atoms with Crippen LogP contribution in [0.1, 0.15) is 10.6 Å². The maximum Gasteiger partial charge on any atom is 0.406 e. The number of hydrogen-bond acceptors (Lipinski definition) is 6. The minimum atomic E-state index is -0.567. The quantitative estimate of drug-likeness (QED) is 0.637. The molecule has 0 saturated carbocycles. The molecular formula is C10H8ClN3O3S. The van der Waals surface area contributed by atoms with Gasteiger partial charge in [-0.1, -0.05) is 11.6 Å². The van der Waals surface area contributed by atoms with E-state index in [9.17, 15) is 10.1 Å². The fourth-order valence-corrected chi connectivity index (χ4v) is 2.16. The van der Waals surface area contributed by atoms with E-state index in [1.165, 1.54) is 17.4 Å². The Hall–Kier alpha value is -1.73. The Labute approximate surface area is 111 Å². The fraction of sp³-hybridized carbons (Fsp3) is 0.200. The highest BCUT2D eigenvalue weighted by Gasteiger charge is 2.17. The number of hydrogen-bond donors (Lipinski definition) is 0. The first-order chi connectivity index (χ1) is 8.56. The minimum Gasteiger partial charge on any atom is -0.480 e. The molecule has 0 aliphatic heterocycles. The van der Waals surface area contributed by atoms with E-state index >= 15 is 0 Å². The lowest BCUT2D eigenvalue weighted by Crippen LogP contribution is -2.00. The highest BCUT2D eigenvalue weighted by Crippen LogP contribution is 2.26. The lowest BCUT2D eigenvalue weighted by Gasteiger charge is -2.04. The molecule has 0 radical (unpaired) electrons. The van der Waals surface area contributed by atoms with Crippen LogP contribution >= 0.6 is 22.9 Å². The lowest BCUT2D eigenvalue weighted by atomic mass is 10.3. The van der Waals surface area contributed by atoms with E-state index in [4.69, 9.17) is 16.3 Å². The number of nitro groups is 1. The number of aryl methyl sites for hydroxylation is 1. The van der Waals surface area contributed by atoms with Crippen molar-refractivity contribution in [1.82, 2.24) is 9.97 Å². The van der Waals surface area contributed by atoms with Gasteiger partial charge < -0.3 is 14.9 Å². The van der Waals surface area contributed by atoms with Gasteiger partial charge in [0.2, 0.25) is 5.75 Å². The summed E-state index contributed by atoms with van der Waals surface area (Å²) in [5.74, 6) is -0.152. The van der Waals surface area contributed by atoms with Gasteiger partial charge in [0, 0.05) is 13.1 Å². The van der Waals surface area contributed by atoms with Crippen LogP contribution in [0.2, 0.25) is 4.47 Å². The first kappa shape index (κ1) is 12.7. The molecule has 0 unspecified atom stereocenters. The van der Waals surface area contributed by atoms with Crippen molar-refractivity contribution in [2.75, 3.05) is 0 Å². The molecule has 2 aromatic heterocycles. The first-order valence-electron chi connectivity index (χ1n) is 4.91. The molecule has 6 nitrogen and oxygen atoms in total. The zero-order valence-corrected chi connectivity index (χ0v) is 10.9. The third-order valence-corrected chi connectivity index (χ3v) is 3.14. The number of thiazole rings is 1. The topological polar surface area (TPSA) is 78.2 Å². The van der Waals surface area contributed by atoms with E-state index in [1.807, 2.05) is 0 Å². The number of pyridine rings is 1. The average molecular weight is 286 g/mol. The summed E-state index contributed by atoms with van der Waals surface area (Å²) in [6.45, 7) is 1.86. The maximum absolute atomic E-state index is 10.8. The van der Waals surface area contributed by atoms with Crippen molar-refractivity contribution < 1.29 is 9.66 Å². The van der Waals surface area contributed by atoms with Crippen LogP contribution in [-0.4, -0.2) is 14.9 Å². The minimum absolute atomic E-state index is 0.134. The summed E-state index contributed by atoms with van der Waals surface area (Å²) < 4.78 is 5.77. The smallest absolute Gasteiger partial charge is 0.406 e. The van der Waals surface area contributed by atoms with Gasteiger partial charge in [0.15, 0.2) is 4.47 Å². The summed E-state index contributed by atoms with van der Waals surface area (Å²) in [6.07, 6.45) is 1.57. The Morgan fingerprint density at radius 1 is 1.56 bits per heavy atom. The van der Waals surface area contributed by atoms with E-state index < -0.39 is 4.92 Å². The van der Waals surface area contributed by atoms with E-state index in [0.29, 0.717) is 10.2 Å². The second-order valence-corrected chi connectivity index (χ2v) is 5.10. The van der Waals surface area contributed by atoms with Crippen molar-refractivity contribution >= 4 is 28.8 Å². The van der Waals surface area contributed by atoms with Gasteiger partial charge in [-0.15, -0.1) is 11.3 Å². The second kappa shape index (κ2) is 5.28. The summed E-state index contributed by atoms with van der Waals surface area (Å²) in [4.78, 5) is 18.7. The zero-order valence-electron chi connectivity index (χ0n) is 9.29. The lowest BCUT2D eigenvalue weighted by molar-refractivity contribution is -0.390. The van der Waals surface area contributed by atoms with E-state index in [-0.39, 0.29) is 18.2 Å². The third kappa shape index (κ3) is 2.93. The first-order valence-corrected chi connectivity index (χ1v) is 6.11. The highest BCUT2D eigenvalue weighted by atomic mass is 35.5. The predicted molar refractivity (Wildman–Crippen MR) is 67.1 cm³/mol. The third-order valence-electron chi connectivity index (χ3n) is 2.05. The van der Waals surface area contributed by atoms with Crippen LogP contribution in [0.5, 0.6) is 5.75 Å². The average Bonchev–Trinajstić information content (AvgIpc) is 2.73. The van der Waals surface area contributed by atoms with Crippen molar-refractivity contribution in [1.29, 1.82) is 0 Å². The fourth-order valence-electron chi connectivity index (χ4n) is 1.27. The van der Waals surface area contributed by atoms with Crippen molar-refractivity contribution in [3.05, 3.63) is 43.5 Å². The number of ether oxygens (including phenoxy) is 1. The highest BCUT2D eigenvalue weighted by molar-refractivity contribution is 7.15. The SMILES string of the molecule is Cc1ccc(OCc2cnc(Cl)s2)c([N+](=O)[O-])n1. The Morgan fingerprint density at radius 2 is 2.33 bits per heavy atom. The molecule has 94 valence electrons. The van der Waals surface area contributed by atoms with E-state index in [1.54, 1.807) is 19.2 Å². The van der Waals surface area contributed by atoms with Crippen LogP contribution in [0.25, 0.3) is 0 Å². The molecular weight excluding hydrogens is 278 g/mol. The summed E-state index contributed by atoms with van der Waals surface area (Å²) in [5, 5.41) is 10.8. The molecule has 0 N–H and O–H groups in total. The van der Waals surface area contributed by atoms with Crippen molar-refractivity contribution in [3.8, 4) is 5.75 Å². The van der Waals surface area contributed by atoms with Gasteiger partial charge in [0.1, 0.15) is 12.3 Å². The second-order valence-electron chi connectivity index (χ2n) is 3.40. The number of rotatable bonds is 4. The van der Waals surface area contributed by atoms with E-state index in [0.717, 1.165) is 4.88 Å². The molecule has 18 heavy (non-hydrogen) atoms. The van der Waals surface area contributed by atoms with Gasteiger partial charge in [0.25, 0.3) is 0 Å². The van der Waals surface area contributed by atoms with Crippen LogP contribution in [0.4, 0.5) is 5.82 Å². The van der Waals surface area contributed by atoms with Crippen molar-refractivity contribution in [3.63, 3.8) is 0 Å². The largest absolute Gasteiger partial charge is 0.480 e. The van der Waals surface area contributed by atoms with Gasteiger partial charge in [0.05, 0.1) is 4.88 Å². The summed E-state index contributed by atoms with van der Waals surface area (Å²) in [5.41, 5.74) is 0.565. The molecule has 0 aromatic carbocycles. The van der Waals surface area contributed by atoms with Gasteiger partial charge in [-0.05, 0) is 22.0 Å². The monoisotopic (exact) mass is 285 g/mol. The van der Waals surface area contributed by atoms with Gasteiger partial charge in [-0.2, -0.15) is 0 Å². The predicted octanol–water partition coefficient (Wildman–Crippen LogP) is 2.99. The van der Waals surface area contributed by atoms with Gasteiger partial charge in [-0.3, -0.25) is 0 Å². The molecule has 0 spiro atoms. The summed E-state index contributed by atoms with van der Waals surface area (Å²) in [7, 11) is 0. The molecule has 0 atom stereocenters. The molecule has 0 bridgehead atoms. The molecule has 0 saturated heterocycles. The summed E-state index contributed by atoms with van der Waals surface area (Å²) in [6, 6.07) is 3.19. The Kier molecular flexibility index (Phi) is 3.73. The number of halogens is 1. The molecule has 0 fully saturated rings. The van der Waals surface area contributed by atoms with E-state index in [2.05, 4.69) is 9.97 Å². The molecule has 0 amide bonds. The van der Waals surface area contributed by atoms with Crippen LogP contribution in [0.3, 0.4) is 0 Å². The zero-order chi connectivity index (χ0) is 13.1. The molecule has 0 aliphatic rings. The van der Waals surface area contributed by atoms with Crippen molar-refractivity contribution in [2.24, 2.45) is 0 Å². The number of nitrogens with zero attached hydrogens (tertiary/aromatic N) is 3. The van der Waals surface area contributed by atoms with Gasteiger partial charge in [-0.25, -0.2) is 4.98 Å². The maximum atomic E-state index is 10.8. The number of aromatic nitrogens is 2. The van der Waals surface area contributed by atoms with Crippen LogP contribution in [-0.2, 0) is 6.61 Å². The molecule has 2 aromatic rings.